The second-order valence-electron chi connectivity index (χ2n) is 4.47. The van der Waals surface area contributed by atoms with Crippen molar-refractivity contribution >= 4 is 10.9 Å². The van der Waals surface area contributed by atoms with Crippen LogP contribution in [0.15, 0.2) is 54.6 Å². The van der Waals surface area contributed by atoms with Gasteiger partial charge in [0.2, 0.25) is 0 Å². The number of aromatic nitrogens is 1. The fourth-order valence-corrected chi connectivity index (χ4v) is 2.48. The van der Waals surface area contributed by atoms with Gasteiger partial charge in [-0.3, -0.25) is 0 Å². The van der Waals surface area contributed by atoms with E-state index in [1.807, 2.05) is 59.2 Å². The third-order valence-electron chi connectivity index (χ3n) is 3.35. The Kier molecular flexibility index (Phi) is 3.07. The van der Waals surface area contributed by atoms with Gasteiger partial charge in [-0.15, -0.1) is 0 Å². The Morgan fingerprint density at radius 1 is 0.842 bits per heavy atom. The van der Waals surface area contributed by atoms with E-state index in [1.165, 1.54) is 0 Å². The second kappa shape index (κ2) is 4.88. The molecular weight excluding hydrogens is 238 g/mol. The molecule has 3 aromatic rings. The number of hydrogen-bond donors (Lipinski definition) is 2. The van der Waals surface area contributed by atoms with Crippen LogP contribution in [-0.2, 0) is 13.2 Å². The molecule has 2 aromatic carbocycles. The quantitative estimate of drug-likeness (QED) is 0.753. The van der Waals surface area contributed by atoms with Crippen molar-refractivity contribution in [1.82, 2.24) is 4.57 Å². The molecule has 3 rings (SSSR count). The highest BCUT2D eigenvalue weighted by atomic mass is 16.3. The number of para-hydroxylation sites is 2. The van der Waals surface area contributed by atoms with Gasteiger partial charge in [-0.1, -0.05) is 36.4 Å². The van der Waals surface area contributed by atoms with Gasteiger partial charge >= 0.3 is 0 Å². The monoisotopic (exact) mass is 253 g/mol. The van der Waals surface area contributed by atoms with Gasteiger partial charge in [0.1, 0.15) is 0 Å². The molecule has 3 nitrogen and oxygen atoms in total. The van der Waals surface area contributed by atoms with E-state index in [2.05, 4.69) is 0 Å². The number of rotatable bonds is 3. The molecule has 0 aliphatic carbocycles. The van der Waals surface area contributed by atoms with Gasteiger partial charge in [-0.05, 0) is 18.2 Å². The van der Waals surface area contributed by atoms with Crippen LogP contribution in [0.1, 0.15) is 11.3 Å². The highest BCUT2D eigenvalue weighted by molar-refractivity contribution is 5.83. The zero-order valence-corrected chi connectivity index (χ0v) is 10.5. The van der Waals surface area contributed by atoms with Crippen molar-refractivity contribution in [3.63, 3.8) is 0 Å². The van der Waals surface area contributed by atoms with Crippen LogP contribution in [-0.4, -0.2) is 14.8 Å². The van der Waals surface area contributed by atoms with Crippen LogP contribution in [0.4, 0.5) is 0 Å². The molecule has 0 unspecified atom stereocenters. The SMILES string of the molecule is OCc1ccccc1-n1c(CO)cc2ccccc21. The molecule has 0 radical (unpaired) electrons. The van der Waals surface area contributed by atoms with Gasteiger partial charge in [-0.2, -0.15) is 0 Å². The fraction of sp³-hybridized carbons (Fsp3) is 0.125. The number of benzene rings is 2. The largest absolute Gasteiger partial charge is 0.392 e. The van der Waals surface area contributed by atoms with Crippen LogP contribution in [0.2, 0.25) is 0 Å². The summed E-state index contributed by atoms with van der Waals surface area (Å²) >= 11 is 0. The summed E-state index contributed by atoms with van der Waals surface area (Å²) in [6.07, 6.45) is 0. The molecular formula is C16H15NO2. The van der Waals surface area contributed by atoms with Gasteiger partial charge in [0.05, 0.1) is 24.4 Å². The molecule has 1 heterocycles. The molecule has 96 valence electrons. The number of aliphatic hydroxyl groups excluding tert-OH is 2. The maximum Gasteiger partial charge on any atom is 0.0836 e. The molecule has 1 aromatic heterocycles. The summed E-state index contributed by atoms with van der Waals surface area (Å²) in [7, 11) is 0. The minimum absolute atomic E-state index is 0.0203. The molecule has 0 fully saturated rings. The molecule has 0 saturated heterocycles. The van der Waals surface area contributed by atoms with Crippen LogP contribution < -0.4 is 0 Å². The van der Waals surface area contributed by atoms with Gasteiger partial charge in [0, 0.05) is 16.6 Å². The highest BCUT2D eigenvalue weighted by Gasteiger charge is 2.11. The fourth-order valence-electron chi connectivity index (χ4n) is 2.48. The Bertz CT molecular complexity index is 716. The summed E-state index contributed by atoms with van der Waals surface area (Å²) in [4.78, 5) is 0. The van der Waals surface area contributed by atoms with Crippen molar-refractivity contribution in [2.45, 2.75) is 13.2 Å². The topological polar surface area (TPSA) is 45.4 Å². The molecule has 0 spiro atoms. The Balaban J connectivity index is 2.34. The maximum atomic E-state index is 9.56. The van der Waals surface area contributed by atoms with E-state index >= 15 is 0 Å². The van der Waals surface area contributed by atoms with Crippen LogP contribution >= 0.6 is 0 Å². The first-order chi connectivity index (χ1) is 9.35. The summed E-state index contributed by atoms with van der Waals surface area (Å²) in [5.74, 6) is 0. The average Bonchev–Trinajstić information content (AvgIpc) is 2.85. The maximum absolute atomic E-state index is 9.56. The number of nitrogens with zero attached hydrogens (tertiary/aromatic N) is 1. The minimum atomic E-state index is -0.0333. The molecule has 0 amide bonds. The lowest BCUT2D eigenvalue weighted by Crippen LogP contribution is -2.03. The Morgan fingerprint density at radius 2 is 1.58 bits per heavy atom. The van der Waals surface area contributed by atoms with Crippen LogP contribution in [0.25, 0.3) is 16.6 Å². The van der Waals surface area contributed by atoms with Crippen LogP contribution in [0.3, 0.4) is 0 Å². The summed E-state index contributed by atoms with van der Waals surface area (Å²) < 4.78 is 2.00. The summed E-state index contributed by atoms with van der Waals surface area (Å²) in [6, 6.07) is 17.7. The van der Waals surface area contributed by atoms with E-state index in [0.29, 0.717) is 0 Å². The van der Waals surface area contributed by atoms with E-state index in [0.717, 1.165) is 27.8 Å². The van der Waals surface area contributed by atoms with Crippen LogP contribution in [0, 0.1) is 0 Å². The molecule has 2 N–H and O–H groups in total. The van der Waals surface area contributed by atoms with Gasteiger partial charge < -0.3 is 14.8 Å². The summed E-state index contributed by atoms with van der Waals surface area (Å²) in [6.45, 7) is -0.0536. The molecule has 0 aliphatic rings. The molecule has 3 heteroatoms. The smallest absolute Gasteiger partial charge is 0.0836 e. The van der Waals surface area contributed by atoms with E-state index < -0.39 is 0 Å². The lowest BCUT2D eigenvalue weighted by atomic mass is 10.2. The number of hydrogen-bond acceptors (Lipinski definition) is 2. The third-order valence-corrected chi connectivity index (χ3v) is 3.35. The van der Waals surface area contributed by atoms with Crippen molar-refractivity contribution in [2.24, 2.45) is 0 Å². The van der Waals surface area contributed by atoms with E-state index in [9.17, 15) is 10.2 Å². The zero-order valence-electron chi connectivity index (χ0n) is 10.5. The first kappa shape index (κ1) is 12.0. The summed E-state index contributed by atoms with van der Waals surface area (Å²) in [5, 5.41) is 20.1. The first-order valence-corrected chi connectivity index (χ1v) is 6.24. The molecule has 19 heavy (non-hydrogen) atoms. The molecule has 0 saturated carbocycles. The predicted molar refractivity (Wildman–Crippen MR) is 75.1 cm³/mol. The van der Waals surface area contributed by atoms with Crippen molar-refractivity contribution in [1.29, 1.82) is 0 Å². The van der Waals surface area contributed by atoms with E-state index in [4.69, 9.17) is 0 Å². The number of fused-ring (bicyclic) bond motifs is 1. The predicted octanol–water partition coefficient (Wildman–Crippen LogP) is 2.62. The van der Waals surface area contributed by atoms with E-state index in [1.54, 1.807) is 0 Å². The first-order valence-electron chi connectivity index (χ1n) is 6.24. The zero-order chi connectivity index (χ0) is 13.2. The summed E-state index contributed by atoms with van der Waals surface area (Å²) in [5.41, 5.74) is 3.61. The van der Waals surface area contributed by atoms with Gasteiger partial charge in [0.25, 0.3) is 0 Å². The van der Waals surface area contributed by atoms with Gasteiger partial charge in [-0.25, -0.2) is 0 Å². The third kappa shape index (κ3) is 1.93. The average molecular weight is 253 g/mol. The Hall–Kier alpha value is -2.10. The minimum Gasteiger partial charge on any atom is -0.392 e. The normalized spacial score (nSPS) is 11.1. The lowest BCUT2D eigenvalue weighted by Gasteiger charge is -2.13. The van der Waals surface area contributed by atoms with Gasteiger partial charge in [0.15, 0.2) is 0 Å². The second-order valence-corrected chi connectivity index (χ2v) is 4.47. The van der Waals surface area contributed by atoms with Crippen LogP contribution in [0.5, 0.6) is 0 Å². The lowest BCUT2D eigenvalue weighted by molar-refractivity contribution is 0.273. The standard InChI is InChI=1S/C16H15NO2/c18-10-13-6-2-4-8-16(13)17-14(11-19)9-12-5-1-3-7-15(12)17/h1-9,18-19H,10-11H2. The Labute approximate surface area is 111 Å². The molecule has 0 bridgehead atoms. The Morgan fingerprint density at radius 3 is 2.37 bits per heavy atom. The number of aliphatic hydroxyl groups is 2. The van der Waals surface area contributed by atoms with Crippen molar-refractivity contribution in [2.75, 3.05) is 0 Å². The van der Waals surface area contributed by atoms with Crippen molar-refractivity contribution < 1.29 is 10.2 Å². The highest BCUT2D eigenvalue weighted by Crippen LogP contribution is 2.26. The molecule has 0 atom stereocenters. The van der Waals surface area contributed by atoms with E-state index in [-0.39, 0.29) is 13.2 Å². The van der Waals surface area contributed by atoms with Crippen molar-refractivity contribution in [3.8, 4) is 5.69 Å². The van der Waals surface area contributed by atoms with Crippen molar-refractivity contribution in [3.05, 3.63) is 65.9 Å². The molecule has 0 aliphatic heterocycles.